The number of ether oxygens (including phenoxy) is 1. The fourth-order valence-electron chi connectivity index (χ4n) is 3.30. The third-order valence-electron chi connectivity index (χ3n) is 4.43. The van der Waals surface area contributed by atoms with E-state index in [1.165, 1.54) is 31.2 Å². The number of nitrogens with one attached hydrogen (secondary N) is 1. The highest BCUT2D eigenvalue weighted by Gasteiger charge is 2.27. The monoisotopic (exact) mass is 277 g/mol. The van der Waals surface area contributed by atoms with Gasteiger partial charge in [-0.2, -0.15) is 11.8 Å². The van der Waals surface area contributed by atoms with Crippen LogP contribution in [0.5, 0.6) is 5.75 Å². The summed E-state index contributed by atoms with van der Waals surface area (Å²) in [6.45, 7) is 1.89. The largest absolute Gasteiger partial charge is 0.493 e. The van der Waals surface area contributed by atoms with Gasteiger partial charge >= 0.3 is 0 Å². The molecule has 0 aromatic heterocycles. The summed E-state index contributed by atoms with van der Waals surface area (Å²) >= 11 is 2.03. The van der Waals surface area contributed by atoms with Gasteiger partial charge in [-0.15, -0.1) is 0 Å². The van der Waals surface area contributed by atoms with Crippen LogP contribution in [0, 0.1) is 0 Å². The van der Waals surface area contributed by atoms with Crippen LogP contribution in [0.15, 0.2) is 24.3 Å². The summed E-state index contributed by atoms with van der Waals surface area (Å²) in [5, 5.41) is 4.60. The van der Waals surface area contributed by atoms with Gasteiger partial charge < -0.3 is 10.1 Å². The second-order valence-corrected chi connectivity index (χ2v) is 6.70. The minimum atomic E-state index is 0.528. The van der Waals surface area contributed by atoms with Crippen molar-refractivity contribution >= 4 is 11.8 Å². The quantitative estimate of drug-likeness (QED) is 0.911. The molecule has 1 N–H and O–H groups in total. The molecule has 1 aliphatic heterocycles. The van der Waals surface area contributed by atoms with Gasteiger partial charge in [0.25, 0.3) is 0 Å². The molecule has 1 aliphatic carbocycles. The topological polar surface area (TPSA) is 21.3 Å². The van der Waals surface area contributed by atoms with E-state index in [4.69, 9.17) is 4.74 Å². The van der Waals surface area contributed by atoms with Crippen LogP contribution in [0.3, 0.4) is 0 Å². The van der Waals surface area contributed by atoms with Crippen LogP contribution >= 0.6 is 11.8 Å². The van der Waals surface area contributed by atoms with Crippen molar-refractivity contribution in [3.63, 3.8) is 0 Å². The van der Waals surface area contributed by atoms with E-state index in [0.717, 1.165) is 24.2 Å². The van der Waals surface area contributed by atoms with Crippen LogP contribution in [0.4, 0.5) is 0 Å². The Morgan fingerprint density at radius 3 is 3.00 bits per heavy atom. The first-order chi connectivity index (χ1) is 9.38. The van der Waals surface area contributed by atoms with Crippen molar-refractivity contribution in [2.75, 3.05) is 19.4 Å². The van der Waals surface area contributed by atoms with Crippen LogP contribution in [0.1, 0.15) is 37.2 Å². The number of benzene rings is 1. The molecule has 0 spiro atoms. The zero-order valence-electron chi connectivity index (χ0n) is 11.6. The predicted octanol–water partition coefficient (Wildman–Crippen LogP) is 3.43. The van der Waals surface area contributed by atoms with Crippen LogP contribution in [-0.2, 0) is 0 Å². The van der Waals surface area contributed by atoms with E-state index in [9.17, 15) is 0 Å². The van der Waals surface area contributed by atoms with E-state index in [1.807, 2.05) is 11.8 Å². The molecule has 104 valence electrons. The zero-order valence-corrected chi connectivity index (χ0v) is 12.4. The molecule has 3 rings (SSSR count). The van der Waals surface area contributed by atoms with Crippen LogP contribution in [0.2, 0.25) is 0 Å². The number of hydrogen-bond acceptors (Lipinski definition) is 3. The molecule has 19 heavy (non-hydrogen) atoms. The molecule has 2 nitrogen and oxygen atoms in total. The van der Waals surface area contributed by atoms with E-state index in [-0.39, 0.29) is 0 Å². The molecule has 3 heteroatoms. The van der Waals surface area contributed by atoms with Crippen molar-refractivity contribution in [2.45, 2.75) is 42.9 Å². The molecule has 1 saturated carbocycles. The smallest absolute Gasteiger partial charge is 0.122 e. The Bertz CT molecular complexity index is 423. The van der Waals surface area contributed by atoms with Gasteiger partial charge in [-0.05, 0) is 25.2 Å². The van der Waals surface area contributed by atoms with Gasteiger partial charge in [-0.3, -0.25) is 0 Å². The van der Waals surface area contributed by atoms with E-state index in [2.05, 4.69) is 35.8 Å². The van der Waals surface area contributed by atoms with E-state index in [0.29, 0.717) is 12.0 Å². The molecule has 3 atom stereocenters. The lowest BCUT2D eigenvalue weighted by molar-refractivity contribution is 0.312. The SMILES string of the molecule is CSC1CCCCC1NCC1COc2ccccc21. The highest BCUT2D eigenvalue weighted by Crippen LogP contribution is 2.33. The second-order valence-electron chi connectivity index (χ2n) is 5.62. The van der Waals surface area contributed by atoms with Gasteiger partial charge in [0.1, 0.15) is 5.75 Å². The first kappa shape index (κ1) is 13.3. The molecular weight excluding hydrogens is 254 g/mol. The molecule has 1 heterocycles. The highest BCUT2D eigenvalue weighted by molar-refractivity contribution is 7.99. The number of hydrogen-bond donors (Lipinski definition) is 1. The number of rotatable bonds is 4. The van der Waals surface area contributed by atoms with Crippen LogP contribution in [0.25, 0.3) is 0 Å². The van der Waals surface area contributed by atoms with E-state index < -0.39 is 0 Å². The van der Waals surface area contributed by atoms with Crippen molar-refractivity contribution in [2.24, 2.45) is 0 Å². The van der Waals surface area contributed by atoms with Gasteiger partial charge in [0.05, 0.1) is 6.61 Å². The lowest BCUT2D eigenvalue weighted by atomic mass is 9.93. The molecule has 0 amide bonds. The fourth-order valence-corrected chi connectivity index (χ4v) is 4.27. The van der Waals surface area contributed by atoms with Crippen molar-refractivity contribution < 1.29 is 4.74 Å². The minimum absolute atomic E-state index is 0.528. The molecular formula is C16H23NOS. The second kappa shape index (κ2) is 6.19. The summed E-state index contributed by atoms with van der Waals surface area (Å²) in [7, 11) is 0. The molecule has 3 unspecified atom stereocenters. The van der Waals surface area contributed by atoms with Crippen LogP contribution < -0.4 is 10.1 Å². The lowest BCUT2D eigenvalue weighted by Gasteiger charge is -2.31. The number of fused-ring (bicyclic) bond motifs is 1. The molecule has 1 aromatic rings. The van der Waals surface area contributed by atoms with Crippen molar-refractivity contribution in [3.8, 4) is 5.75 Å². The van der Waals surface area contributed by atoms with Gasteiger partial charge in [-0.25, -0.2) is 0 Å². The van der Waals surface area contributed by atoms with Crippen molar-refractivity contribution in [3.05, 3.63) is 29.8 Å². The van der Waals surface area contributed by atoms with Crippen LogP contribution in [-0.4, -0.2) is 30.7 Å². The fraction of sp³-hybridized carbons (Fsp3) is 0.625. The third-order valence-corrected chi connectivity index (χ3v) is 5.60. The van der Waals surface area contributed by atoms with Gasteiger partial charge in [0.15, 0.2) is 0 Å². The normalized spacial score (nSPS) is 29.8. The predicted molar refractivity (Wildman–Crippen MR) is 82.2 cm³/mol. The maximum atomic E-state index is 5.76. The average Bonchev–Trinajstić information content (AvgIpc) is 2.89. The number of para-hydroxylation sites is 1. The lowest BCUT2D eigenvalue weighted by Crippen LogP contribution is -2.42. The standard InChI is InChI=1S/C16H23NOS/c1-19-16-9-5-3-7-14(16)17-10-12-11-18-15-8-4-2-6-13(12)15/h2,4,6,8,12,14,16-17H,3,5,7,9-11H2,1H3. The third kappa shape index (κ3) is 2.92. The molecule has 1 aromatic carbocycles. The first-order valence-corrected chi connectivity index (χ1v) is 8.65. The summed E-state index contributed by atoms with van der Waals surface area (Å²) in [6.07, 6.45) is 7.74. The summed E-state index contributed by atoms with van der Waals surface area (Å²) in [4.78, 5) is 0. The maximum Gasteiger partial charge on any atom is 0.122 e. The Balaban J connectivity index is 1.58. The van der Waals surface area contributed by atoms with E-state index in [1.54, 1.807) is 0 Å². The Morgan fingerprint density at radius 2 is 2.11 bits per heavy atom. The number of thioether (sulfide) groups is 1. The Hall–Kier alpha value is -0.670. The van der Waals surface area contributed by atoms with E-state index >= 15 is 0 Å². The maximum absolute atomic E-state index is 5.76. The molecule has 0 saturated heterocycles. The van der Waals surface area contributed by atoms with Gasteiger partial charge in [0, 0.05) is 29.3 Å². The first-order valence-electron chi connectivity index (χ1n) is 7.36. The minimum Gasteiger partial charge on any atom is -0.493 e. The summed E-state index contributed by atoms with van der Waals surface area (Å²) in [5.74, 6) is 1.61. The average molecular weight is 277 g/mol. The molecule has 0 radical (unpaired) electrons. The van der Waals surface area contributed by atoms with Crippen molar-refractivity contribution in [1.29, 1.82) is 0 Å². The highest BCUT2D eigenvalue weighted by atomic mass is 32.2. The molecule has 2 aliphatic rings. The zero-order chi connectivity index (χ0) is 13.1. The van der Waals surface area contributed by atoms with Crippen molar-refractivity contribution in [1.82, 2.24) is 5.32 Å². The Kier molecular flexibility index (Phi) is 4.34. The Labute approximate surface area is 120 Å². The molecule has 0 bridgehead atoms. The van der Waals surface area contributed by atoms with Gasteiger partial charge in [-0.1, -0.05) is 31.0 Å². The Morgan fingerprint density at radius 1 is 1.26 bits per heavy atom. The molecule has 1 fully saturated rings. The van der Waals surface area contributed by atoms with Gasteiger partial charge in [0.2, 0.25) is 0 Å². The summed E-state index contributed by atoms with van der Waals surface area (Å²) < 4.78 is 5.76. The summed E-state index contributed by atoms with van der Waals surface area (Å²) in [6, 6.07) is 9.16. The summed E-state index contributed by atoms with van der Waals surface area (Å²) in [5.41, 5.74) is 1.38.